The molecule has 0 bridgehead atoms. The molecule has 1 unspecified atom stereocenters. The number of aryl methyl sites for hydroxylation is 1. The maximum atomic E-state index is 11.9. The van der Waals surface area contributed by atoms with Crippen molar-refractivity contribution < 1.29 is 13.9 Å². The van der Waals surface area contributed by atoms with Crippen molar-refractivity contribution in [2.24, 2.45) is 0 Å². The van der Waals surface area contributed by atoms with Crippen LogP contribution in [0.5, 0.6) is 0 Å². The molecular weight excluding hydrogens is 228 g/mol. The highest BCUT2D eigenvalue weighted by molar-refractivity contribution is 6.29. The Bertz CT molecular complexity index is 317. The summed E-state index contributed by atoms with van der Waals surface area (Å²) in [4.78, 5) is 7.70. The zero-order chi connectivity index (χ0) is 11.4. The molecular formula is C8H10ClF2N3O. The number of alkyl halides is 2. The van der Waals surface area contributed by atoms with Crippen molar-refractivity contribution in [2.45, 2.75) is 19.5 Å². The fourth-order valence-electron chi connectivity index (χ4n) is 0.920. The molecule has 0 aliphatic rings. The van der Waals surface area contributed by atoms with Crippen LogP contribution in [0, 0.1) is 6.92 Å². The monoisotopic (exact) mass is 237 g/mol. The number of aliphatic hydroxyl groups is 1. The number of nitrogens with zero attached hydrogens (tertiary/aromatic N) is 2. The lowest BCUT2D eigenvalue weighted by Gasteiger charge is -2.11. The molecule has 84 valence electrons. The summed E-state index contributed by atoms with van der Waals surface area (Å²) in [7, 11) is 0. The molecule has 1 heterocycles. The van der Waals surface area contributed by atoms with Gasteiger partial charge in [0.25, 0.3) is 6.43 Å². The summed E-state index contributed by atoms with van der Waals surface area (Å²) in [5.41, 5.74) is 0. The summed E-state index contributed by atoms with van der Waals surface area (Å²) in [5, 5.41) is 11.6. The Morgan fingerprint density at radius 1 is 1.53 bits per heavy atom. The predicted molar refractivity (Wildman–Crippen MR) is 52.3 cm³/mol. The Morgan fingerprint density at radius 3 is 2.73 bits per heavy atom. The molecule has 7 heteroatoms. The van der Waals surface area contributed by atoms with Crippen LogP contribution in [0.3, 0.4) is 0 Å². The topological polar surface area (TPSA) is 58.0 Å². The quantitative estimate of drug-likeness (QED) is 0.779. The standard InChI is InChI=1S/C8H10ClF2N3O/c1-4-13-6(9)2-7(14-4)12-3-5(15)8(10)11/h2,5,8,15H,3H2,1H3,(H,12,13,14). The number of rotatable bonds is 4. The van der Waals surface area contributed by atoms with E-state index in [-0.39, 0.29) is 11.7 Å². The molecule has 0 fully saturated rings. The number of halogens is 3. The van der Waals surface area contributed by atoms with Gasteiger partial charge < -0.3 is 10.4 Å². The van der Waals surface area contributed by atoms with Gasteiger partial charge in [-0.3, -0.25) is 0 Å². The fourth-order valence-corrected chi connectivity index (χ4v) is 1.15. The van der Waals surface area contributed by atoms with E-state index in [1.807, 2.05) is 0 Å². The molecule has 15 heavy (non-hydrogen) atoms. The van der Waals surface area contributed by atoms with E-state index in [4.69, 9.17) is 16.7 Å². The Labute approximate surface area is 90.3 Å². The van der Waals surface area contributed by atoms with Gasteiger partial charge in [-0.25, -0.2) is 18.7 Å². The highest BCUT2D eigenvalue weighted by Gasteiger charge is 2.16. The van der Waals surface area contributed by atoms with Crippen LogP contribution >= 0.6 is 11.6 Å². The lowest BCUT2D eigenvalue weighted by molar-refractivity contribution is 0.00380. The second-order valence-electron chi connectivity index (χ2n) is 2.91. The summed E-state index contributed by atoms with van der Waals surface area (Å²) < 4.78 is 23.9. The zero-order valence-corrected chi connectivity index (χ0v) is 8.67. The zero-order valence-electron chi connectivity index (χ0n) is 7.91. The molecule has 0 aliphatic heterocycles. The van der Waals surface area contributed by atoms with Crippen LogP contribution in [-0.4, -0.2) is 34.1 Å². The number of hydrogen-bond acceptors (Lipinski definition) is 4. The molecule has 1 aromatic heterocycles. The minimum atomic E-state index is -2.78. The average Bonchev–Trinajstić information content (AvgIpc) is 2.12. The molecule has 2 N–H and O–H groups in total. The van der Waals surface area contributed by atoms with Gasteiger partial charge in [-0.05, 0) is 6.92 Å². The third kappa shape index (κ3) is 3.93. The molecule has 0 aromatic carbocycles. The number of hydrogen-bond donors (Lipinski definition) is 2. The molecule has 1 atom stereocenters. The number of anilines is 1. The highest BCUT2D eigenvalue weighted by Crippen LogP contribution is 2.11. The van der Waals surface area contributed by atoms with Crippen LogP contribution in [0.1, 0.15) is 5.82 Å². The van der Waals surface area contributed by atoms with Crippen LogP contribution in [0.2, 0.25) is 5.15 Å². The first-order chi connectivity index (χ1) is 6.99. The van der Waals surface area contributed by atoms with Crippen LogP contribution < -0.4 is 5.32 Å². The first-order valence-electron chi connectivity index (χ1n) is 4.20. The van der Waals surface area contributed by atoms with Crippen LogP contribution in [0.25, 0.3) is 0 Å². The summed E-state index contributed by atoms with van der Waals surface area (Å²) >= 11 is 5.63. The average molecular weight is 238 g/mol. The van der Waals surface area contributed by atoms with Gasteiger partial charge in [0.05, 0.1) is 0 Å². The minimum absolute atomic E-state index is 0.219. The Morgan fingerprint density at radius 2 is 2.20 bits per heavy atom. The van der Waals surface area contributed by atoms with Gasteiger partial charge in [0.2, 0.25) is 0 Å². The maximum absolute atomic E-state index is 11.9. The molecule has 4 nitrogen and oxygen atoms in total. The van der Waals surface area contributed by atoms with E-state index in [0.717, 1.165) is 0 Å². The second-order valence-corrected chi connectivity index (χ2v) is 3.29. The largest absolute Gasteiger partial charge is 0.385 e. The minimum Gasteiger partial charge on any atom is -0.385 e. The van der Waals surface area contributed by atoms with E-state index in [1.165, 1.54) is 6.07 Å². The van der Waals surface area contributed by atoms with Crippen LogP contribution in [0.15, 0.2) is 6.07 Å². The molecule has 0 radical (unpaired) electrons. The molecule has 0 amide bonds. The van der Waals surface area contributed by atoms with Gasteiger partial charge in [-0.15, -0.1) is 0 Å². The maximum Gasteiger partial charge on any atom is 0.265 e. The second kappa shape index (κ2) is 5.18. The van der Waals surface area contributed by atoms with Crippen molar-refractivity contribution >= 4 is 17.4 Å². The smallest absolute Gasteiger partial charge is 0.265 e. The van der Waals surface area contributed by atoms with E-state index in [1.54, 1.807) is 6.92 Å². The Kier molecular flexibility index (Phi) is 4.16. The summed E-state index contributed by atoms with van der Waals surface area (Å²) in [6.45, 7) is 1.34. The molecule has 0 saturated carbocycles. The van der Waals surface area contributed by atoms with Gasteiger partial charge in [-0.2, -0.15) is 0 Å². The first-order valence-corrected chi connectivity index (χ1v) is 4.58. The van der Waals surface area contributed by atoms with Crippen molar-refractivity contribution in [1.82, 2.24) is 9.97 Å². The van der Waals surface area contributed by atoms with E-state index in [9.17, 15) is 8.78 Å². The van der Waals surface area contributed by atoms with Gasteiger partial charge >= 0.3 is 0 Å². The molecule has 0 aliphatic carbocycles. The van der Waals surface area contributed by atoms with Crippen LogP contribution in [-0.2, 0) is 0 Å². The lowest BCUT2D eigenvalue weighted by atomic mass is 10.3. The van der Waals surface area contributed by atoms with Gasteiger partial charge in [0.1, 0.15) is 22.9 Å². The SMILES string of the molecule is Cc1nc(Cl)cc(NCC(O)C(F)F)n1. The summed E-state index contributed by atoms with van der Waals surface area (Å²) in [6, 6.07) is 1.40. The van der Waals surface area contributed by atoms with Crippen molar-refractivity contribution in [3.8, 4) is 0 Å². The van der Waals surface area contributed by atoms with Crippen molar-refractivity contribution in [3.63, 3.8) is 0 Å². The fraction of sp³-hybridized carbons (Fsp3) is 0.500. The van der Waals surface area contributed by atoms with Crippen LogP contribution in [0.4, 0.5) is 14.6 Å². The third-order valence-corrected chi connectivity index (χ3v) is 1.78. The summed E-state index contributed by atoms with van der Waals surface area (Å²) in [6.07, 6.45) is -4.50. The van der Waals surface area contributed by atoms with Gasteiger partial charge in [0.15, 0.2) is 0 Å². The Hall–Kier alpha value is -1.01. The van der Waals surface area contributed by atoms with Gasteiger partial charge in [0, 0.05) is 12.6 Å². The molecule has 0 saturated heterocycles. The van der Waals surface area contributed by atoms with Crippen molar-refractivity contribution in [2.75, 3.05) is 11.9 Å². The van der Waals surface area contributed by atoms with E-state index < -0.39 is 12.5 Å². The van der Waals surface area contributed by atoms with Crippen molar-refractivity contribution in [1.29, 1.82) is 0 Å². The van der Waals surface area contributed by atoms with E-state index in [0.29, 0.717) is 11.6 Å². The summed E-state index contributed by atoms with van der Waals surface area (Å²) in [5.74, 6) is 0.740. The number of aliphatic hydroxyl groups excluding tert-OH is 1. The number of aromatic nitrogens is 2. The normalized spacial score (nSPS) is 12.9. The van der Waals surface area contributed by atoms with E-state index >= 15 is 0 Å². The first kappa shape index (κ1) is 12.1. The van der Waals surface area contributed by atoms with Gasteiger partial charge in [-0.1, -0.05) is 11.6 Å². The molecule has 1 aromatic rings. The molecule has 0 spiro atoms. The predicted octanol–water partition coefficient (Wildman–Crippen LogP) is 1.48. The lowest BCUT2D eigenvalue weighted by Crippen LogP contribution is -2.27. The highest BCUT2D eigenvalue weighted by atomic mass is 35.5. The van der Waals surface area contributed by atoms with Crippen molar-refractivity contribution in [3.05, 3.63) is 17.0 Å². The molecule has 1 rings (SSSR count). The van der Waals surface area contributed by atoms with E-state index in [2.05, 4.69) is 15.3 Å². The third-order valence-electron chi connectivity index (χ3n) is 1.59. The Balaban J connectivity index is 2.57. The number of nitrogens with one attached hydrogen (secondary N) is 1.